The topological polar surface area (TPSA) is 85.9 Å². The Kier molecular flexibility index (Phi) is 4.12. The van der Waals surface area contributed by atoms with Gasteiger partial charge in [0.05, 0.1) is 14.2 Å². The summed E-state index contributed by atoms with van der Waals surface area (Å²) < 4.78 is 10.4. The van der Waals surface area contributed by atoms with Crippen LogP contribution in [0.15, 0.2) is 53.5 Å². The number of methoxy groups -OCH3 is 2. The van der Waals surface area contributed by atoms with Crippen molar-refractivity contribution in [2.45, 2.75) is 12.0 Å². The van der Waals surface area contributed by atoms with Crippen molar-refractivity contribution in [3.63, 3.8) is 0 Å². The second kappa shape index (κ2) is 6.23. The zero-order valence-electron chi connectivity index (χ0n) is 13.6. The van der Waals surface area contributed by atoms with E-state index < -0.39 is 5.54 Å². The number of guanidine groups is 1. The molecule has 124 valence electrons. The van der Waals surface area contributed by atoms with Crippen LogP contribution in [0.3, 0.4) is 0 Å². The Morgan fingerprint density at radius 1 is 1.08 bits per heavy atom. The van der Waals surface area contributed by atoms with Gasteiger partial charge < -0.3 is 15.2 Å². The van der Waals surface area contributed by atoms with Crippen LogP contribution in [0.5, 0.6) is 11.5 Å². The quantitative estimate of drug-likeness (QED) is 0.874. The van der Waals surface area contributed by atoms with Gasteiger partial charge in [-0.15, -0.1) is 0 Å². The monoisotopic (exact) mass is 325 g/mol. The number of carbonyl (C=O) groups excluding carboxylic acids is 1. The first kappa shape index (κ1) is 15.9. The Labute approximate surface area is 140 Å². The SMILES string of the molecule is COc1ccc(C[C@@]2(c3cccc(OC)c3)N=C(N)NC2=O)cc1. The van der Waals surface area contributed by atoms with E-state index in [1.54, 1.807) is 14.2 Å². The van der Waals surface area contributed by atoms with Crippen LogP contribution >= 0.6 is 0 Å². The van der Waals surface area contributed by atoms with E-state index in [4.69, 9.17) is 15.2 Å². The number of aliphatic imine (C=N–C) groups is 1. The van der Waals surface area contributed by atoms with E-state index in [0.29, 0.717) is 12.2 Å². The van der Waals surface area contributed by atoms with Crippen molar-refractivity contribution in [1.29, 1.82) is 0 Å². The Hall–Kier alpha value is -3.02. The van der Waals surface area contributed by atoms with E-state index >= 15 is 0 Å². The molecule has 2 aromatic carbocycles. The van der Waals surface area contributed by atoms with Crippen LogP contribution in [-0.2, 0) is 16.8 Å². The van der Waals surface area contributed by atoms with Gasteiger partial charge in [-0.1, -0.05) is 24.3 Å². The van der Waals surface area contributed by atoms with Crippen LogP contribution in [-0.4, -0.2) is 26.1 Å². The van der Waals surface area contributed by atoms with E-state index in [9.17, 15) is 4.79 Å². The molecule has 3 rings (SSSR count). The van der Waals surface area contributed by atoms with Crippen LogP contribution < -0.4 is 20.5 Å². The van der Waals surface area contributed by atoms with Crippen molar-refractivity contribution < 1.29 is 14.3 Å². The first-order chi connectivity index (χ1) is 11.6. The number of nitrogens with one attached hydrogen (secondary N) is 1. The van der Waals surface area contributed by atoms with Crippen molar-refractivity contribution in [3.05, 3.63) is 59.7 Å². The predicted molar refractivity (Wildman–Crippen MR) is 91.1 cm³/mol. The van der Waals surface area contributed by atoms with Crippen LogP contribution in [0.25, 0.3) is 0 Å². The molecule has 0 saturated carbocycles. The van der Waals surface area contributed by atoms with Gasteiger partial charge in [0.25, 0.3) is 5.91 Å². The smallest absolute Gasteiger partial charge is 0.259 e. The van der Waals surface area contributed by atoms with Gasteiger partial charge in [-0.25, -0.2) is 4.99 Å². The van der Waals surface area contributed by atoms with Gasteiger partial charge >= 0.3 is 0 Å². The zero-order valence-corrected chi connectivity index (χ0v) is 13.6. The molecule has 0 fully saturated rings. The summed E-state index contributed by atoms with van der Waals surface area (Å²) in [5.41, 5.74) is 6.35. The minimum absolute atomic E-state index is 0.122. The summed E-state index contributed by atoms with van der Waals surface area (Å²) in [6.45, 7) is 0. The van der Waals surface area contributed by atoms with Gasteiger partial charge in [0.1, 0.15) is 11.5 Å². The fraction of sp³-hybridized carbons (Fsp3) is 0.222. The number of carbonyl (C=O) groups is 1. The van der Waals surface area contributed by atoms with E-state index in [1.165, 1.54) is 0 Å². The minimum Gasteiger partial charge on any atom is -0.497 e. The Bertz CT molecular complexity index is 786. The Balaban J connectivity index is 2.04. The first-order valence-electron chi connectivity index (χ1n) is 7.51. The molecule has 0 spiro atoms. The van der Waals surface area contributed by atoms with Crippen molar-refractivity contribution >= 4 is 11.9 Å². The van der Waals surface area contributed by atoms with E-state index in [2.05, 4.69) is 10.3 Å². The first-order valence-corrected chi connectivity index (χ1v) is 7.51. The number of amides is 1. The number of nitrogens with zero attached hydrogens (tertiary/aromatic N) is 1. The molecular formula is C18H19N3O3. The van der Waals surface area contributed by atoms with E-state index in [0.717, 1.165) is 16.9 Å². The number of benzene rings is 2. The highest BCUT2D eigenvalue weighted by Gasteiger charge is 2.45. The minimum atomic E-state index is -1.10. The molecule has 1 aliphatic heterocycles. The molecule has 0 aliphatic carbocycles. The van der Waals surface area contributed by atoms with Crippen molar-refractivity contribution in [3.8, 4) is 11.5 Å². The molecular weight excluding hydrogens is 306 g/mol. The molecule has 3 N–H and O–H groups in total. The van der Waals surface area contributed by atoms with Gasteiger partial charge in [0.2, 0.25) is 0 Å². The van der Waals surface area contributed by atoms with Crippen molar-refractivity contribution in [2.24, 2.45) is 10.7 Å². The molecule has 0 unspecified atom stereocenters. The highest BCUT2D eigenvalue weighted by atomic mass is 16.5. The summed E-state index contributed by atoms with van der Waals surface area (Å²) in [4.78, 5) is 17.1. The third kappa shape index (κ3) is 2.78. The van der Waals surface area contributed by atoms with Crippen LogP contribution in [0.1, 0.15) is 11.1 Å². The van der Waals surface area contributed by atoms with Crippen LogP contribution in [0.2, 0.25) is 0 Å². The zero-order chi connectivity index (χ0) is 17.2. The molecule has 6 heteroatoms. The maximum absolute atomic E-state index is 12.7. The third-order valence-corrected chi connectivity index (χ3v) is 4.09. The number of hydrogen-bond acceptors (Lipinski definition) is 5. The Morgan fingerprint density at radius 3 is 2.38 bits per heavy atom. The molecule has 1 amide bonds. The molecule has 1 heterocycles. The fourth-order valence-corrected chi connectivity index (χ4v) is 2.84. The third-order valence-electron chi connectivity index (χ3n) is 4.09. The van der Waals surface area contributed by atoms with E-state index in [1.807, 2.05) is 48.5 Å². The summed E-state index contributed by atoms with van der Waals surface area (Å²) in [6, 6.07) is 14.9. The van der Waals surface area contributed by atoms with Gasteiger partial charge in [0.15, 0.2) is 11.5 Å². The highest BCUT2D eigenvalue weighted by molar-refractivity contribution is 6.07. The number of nitrogens with two attached hydrogens (primary N) is 1. The number of rotatable bonds is 5. The maximum atomic E-state index is 12.7. The second-order valence-corrected chi connectivity index (χ2v) is 5.57. The fourth-order valence-electron chi connectivity index (χ4n) is 2.84. The van der Waals surface area contributed by atoms with Crippen molar-refractivity contribution in [2.75, 3.05) is 14.2 Å². The normalized spacial score (nSPS) is 19.6. The summed E-state index contributed by atoms with van der Waals surface area (Å²) in [5.74, 6) is 1.29. The lowest BCUT2D eigenvalue weighted by molar-refractivity contribution is -0.124. The van der Waals surface area contributed by atoms with Gasteiger partial charge in [0, 0.05) is 6.42 Å². The molecule has 6 nitrogen and oxygen atoms in total. The highest BCUT2D eigenvalue weighted by Crippen LogP contribution is 2.35. The lowest BCUT2D eigenvalue weighted by atomic mass is 9.84. The second-order valence-electron chi connectivity index (χ2n) is 5.57. The number of ether oxygens (including phenoxy) is 2. The average molecular weight is 325 g/mol. The molecule has 1 atom stereocenters. The van der Waals surface area contributed by atoms with Gasteiger partial charge in [-0.2, -0.15) is 0 Å². The van der Waals surface area contributed by atoms with E-state index in [-0.39, 0.29) is 11.9 Å². The molecule has 1 aliphatic rings. The summed E-state index contributed by atoms with van der Waals surface area (Å²) in [7, 11) is 3.20. The maximum Gasteiger partial charge on any atom is 0.259 e. The lowest BCUT2D eigenvalue weighted by Crippen LogP contribution is -2.40. The molecule has 0 radical (unpaired) electrons. The average Bonchev–Trinajstić information content (AvgIpc) is 2.90. The number of hydrogen-bond donors (Lipinski definition) is 2. The van der Waals surface area contributed by atoms with Gasteiger partial charge in [-0.05, 0) is 35.4 Å². The molecule has 0 saturated heterocycles. The lowest BCUT2D eigenvalue weighted by Gasteiger charge is -2.24. The standard InChI is InChI=1S/C18H19N3O3/c1-23-14-8-6-12(7-9-14)11-18(16(22)20-17(19)21-18)13-4-3-5-15(10-13)24-2/h3-10H,11H2,1-2H3,(H3,19,20,21,22)/t18-/m0/s1. The van der Waals surface area contributed by atoms with Crippen LogP contribution in [0, 0.1) is 0 Å². The summed E-state index contributed by atoms with van der Waals surface area (Å²) in [5, 5.41) is 2.61. The molecule has 24 heavy (non-hydrogen) atoms. The van der Waals surface area contributed by atoms with Gasteiger partial charge in [-0.3, -0.25) is 10.1 Å². The Morgan fingerprint density at radius 2 is 1.79 bits per heavy atom. The summed E-state index contributed by atoms with van der Waals surface area (Å²) >= 11 is 0. The molecule has 2 aromatic rings. The molecule has 0 aromatic heterocycles. The molecule has 0 bridgehead atoms. The predicted octanol–water partition coefficient (Wildman–Crippen LogP) is 1.59. The summed E-state index contributed by atoms with van der Waals surface area (Å²) in [6.07, 6.45) is 0.386. The largest absolute Gasteiger partial charge is 0.497 e. The van der Waals surface area contributed by atoms with Crippen molar-refractivity contribution in [1.82, 2.24) is 5.32 Å². The van der Waals surface area contributed by atoms with Crippen LogP contribution in [0.4, 0.5) is 0 Å².